The molecule has 0 saturated carbocycles. The topological polar surface area (TPSA) is 69.3 Å². The number of amides is 1. The number of anilines is 1. The van der Waals surface area contributed by atoms with E-state index in [4.69, 9.17) is 11.6 Å². The number of benzene rings is 2. The van der Waals surface area contributed by atoms with E-state index in [0.29, 0.717) is 0 Å². The van der Waals surface area contributed by atoms with Crippen molar-refractivity contribution in [3.05, 3.63) is 94.3 Å². The first kappa shape index (κ1) is 20.9. The number of nitrogens with zero attached hydrogens (tertiary/aromatic N) is 2. The first-order valence-electron chi connectivity index (χ1n) is 10.8. The van der Waals surface area contributed by atoms with Gasteiger partial charge >= 0.3 is 0 Å². The van der Waals surface area contributed by atoms with Crippen LogP contribution in [0.1, 0.15) is 28.3 Å². The second kappa shape index (κ2) is 8.20. The van der Waals surface area contributed by atoms with Crippen molar-refractivity contribution in [3.8, 4) is 0 Å². The Bertz CT molecular complexity index is 1170. The third-order valence-electron chi connectivity index (χ3n) is 6.51. The molecular weight excluding hydrogens is 422 g/mol. The number of rotatable bonds is 4. The number of likely N-dealkylation sites (N-methyl/N-ethyl adjacent to an activating group) is 1. The van der Waals surface area contributed by atoms with Crippen molar-refractivity contribution >= 4 is 23.2 Å². The van der Waals surface area contributed by atoms with Crippen LogP contribution in [0.4, 0.5) is 5.69 Å². The van der Waals surface area contributed by atoms with Gasteiger partial charge in [-0.2, -0.15) is 0 Å². The number of carbonyl (C=O) groups excluding carboxylic acids is 1. The summed E-state index contributed by atoms with van der Waals surface area (Å²) in [5.74, 6) is 0.0105. The van der Waals surface area contributed by atoms with Gasteiger partial charge in [-0.15, -0.1) is 0 Å². The summed E-state index contributed by atoms with van der Waals surface area (Å²) in [7, 11) is 2.07. The first-order chi connectivity index (χ1) is 15.5. The highest BCUT2D eigenvalue weighted by molar-refractivity contribution is 6.31. The van der Waals surface area contributed by atoms with Crippen LogP contribution in [-0.2, 0) is 10.3 Å². The maximum atomic E-state index is 14.1. The number of fused-ring (bicyclic) bond motifs is 1. The van der Waals surface area contributed by atoms with Gasteiger partial charge in [0.05, 0.1) is 5.69 Å². The number of pyridine rings is 1. The Labute approximate surface area is 193 Å². The zero-order valence-electron chi connectivity index (χ0n) is 18.1. The molecule has 1 unspecified atom stereocenters. The molecule has 1 amide bonds. The van der Waals surface area contributed by atoms with Crippen LogP contribution in [0, 0.1) is 6.92 Å². The molecule has 164 valence electrons. The Morgan fingerprint density at radius 2 is 1.94 bits per heavy atom. The van der Waals surface area contributed by atoms with Crippen LogP contribution in [0.5, 0.6) is 0 Å². The average molecular weight is 448 g/mol. The molecule has 1 fully saturated rings. The van der Waals surface area contributed by atoms with E-state index >= 15 is 0 Å². The molecule has 2 aliphatic heterocycles. The van der Waals surface area contributed by atoms with Crippen LogP contribution in [0.3, 0.4) is 0 Å². The molecule has 3 N–H and O–H groups in total. The zero-order chi connectivity index (χ0) is 22.3. The molecule has 2 aliphatic rings. The molecule has 7 heteroatoms. The van der Waals surface area contributed by atoms with Gasteiger partial charge in [0, 0.05) is 47.5 Å². The van der Waals surface area contributed by atoms with Gasteiger partial charge in [-0.1, -0.05) is 48.0 Å². The number of carbonyl (C=O) groups is 1. The second-order valence-electron chi connectivity index (χ2n) is 8.66. The quantitative estimate of drug-likeness (QED) is 0.571. The lowest BCUT2D eigenvalue weighted by Gasteiger charge is -2.32. The molecule has 0 aliphatic carbocycles. The normalized spacial score (nSPS) is 24.7. The predicted octanol–water partition coefficient (Wildman–Crippen LogP) is 3.43. The molecule has 1 saturated heterocycles. The summed E-state index contributed by atoms with van der Waals surface area (Å²) in [6.07, 6.45) is 1.75. The van der Waals surface area contributed by atoms with Crippen LogP contribution in [0.15, 0.2) is 66.9 Å². The van der Waals surface area contributed by atoms with Crippen LogP contribution in [-0.4, -0.2) is 42.0 Å². The number of aromatic nitrogens is 1. The average Bonchev–Trinajstić information content (AvgIpc) is 3.35. The number of hydrogen-bond acceptors (Lipinski definition) is 5. The fraction of sp³-hybridized carbons (Fsp3) is 0.280. The van der Waals surface area contributed by atoms with Crippen molar-refractivity contribution in [1.29, 1.82) is 0 Å². The number of likely N-dealkylation sites (tertiary alicyclic amines) is 1. The van der Waals surface area contributed by atoms with Crippen LogP contribution >= 0.6 is 11.6 Å². The summed E-state index contributed by atoms with van der Waals surface area (Å²) in [4.78, 5) is 20.6. The van der Waals surface area contributed by atoms with Crippen molar-refractivity contribution < 1.29 is 4.79 Å². The van der Waals surface area contributed by atoms with E-state index in [1.165, 1.54) is 0 Å². The van der Waals surface area contributed by atoms with E-state index in [2.05, 4.69) is 39.2 Å². The standard InChI is InChI=1S/C25H26ClN5O/c1-16-13-17(11-12-27-16)25(20-8-4-6-10-22(20)29-30-25)24(32)28-23-15-31(2)14-19(23)18-7-3-5-9-21(18)26/h3-13,19,23,29-30H,14-15H2,1-2H3,(H,28,32)/t19-,23+,25?/m1/s1. The smallest absolute Gasteiger partial charge is 0.251 e. The lowest BCUT2D eigenvalue weighted by Crippen LogP contribution is -2.56. The van der Waals surface area contributed by atoms with Gasteiger partial charge in [0.25, 0.3) is 5.91 Å². The molecule has 0 bridgehead atoms. The number of halogens is 1. The molecule has 5 rings (SSSR count). The van der Waals surface area contributed by atoms with Gasteiger partial charge in [0.15, 0.2) is 5.54 Å². The minimum Gasteiger partial charge on any atom is -0.349 e. The summed E-state index contributed by atoms with van der Waals surface area (Å²) < 4.78 is 0. The summed E-state index contributed by atoms with van der Waals surface area (Å²) in [6, 6.07) is 19.6. The van der Waals surface area contributed by atoms with Crippen molar-refractivity contribution in [2.24, 2.45) is 0 Å². The molecular formula is C25H26ClN5O. The van der Waals surface area contributed by atoms with Gasteiger partial charge in [0.2, 0.25) is 0 Å². The van der Waals surface area contributed by atoms with E-state index in [1.807, 2.05) is 61.5 Å². The van der Waals surface area contributed by atoms with Gasteiger partial charge in [-0.3, -0.25) is 9.78 Å². The molecule has 6 nitrogen and oxygen atoms in total. The molecule has 3 heterocycles. The third kappa shape index (κ3) is 3.45. The Hall–Kier alpha value is -2.93. The molecule has 32 heavy (non-hydrogen) atoms. The van der Waals surface area contributed by atoms with Crippen LogP contribution < -0.4 is 16.2 Å². The second-order valence-corrected chi connectivity index (χ2v) is 9.07. The lowest BCUT2D eigenvalue weighted by atomic mass is 9.82. The Balaban J connectivity index is 1.54. The zero-order valence-corrected chi connectivity index (χ0v) is 18.9. The largest absolute Gasteiger partial charge is 0.349 e. The summed E-state index contributed by atoms with van der Waals surface area (Å²) in [6.45, 7) is 3.52. The Morgan fingerprint density at radius 1 is 1.16 bits per heavy atom. The molecule has 3 atom stereocenters. The first-order valence-corrected chi connectivity index (χ1v) is 11.2. The monoisotopic (exact) mass is 447 g/mol. The molecule has 0 spiro atoms. The number of hydrazine groups is 1. The summed E-state index contributed by atoms with van der Waals surface area (Å²) >= 11 is 6.53. The van der Waals surface area contributed by atoms with Gasteiger partial charge in [0.1, 0.15) is 0 Å². The van der Waals surface area contributed by atoms with Gasteiger partial charge in [-0.25, -0.2) is 5.43 Å². The van der Waals surface area contributed by atoms with E-state index in [0.717, 1.165) is 46.2 Å². The fourth-order valence-corrected chi connectivity index (χ4v) is 5.25. The van der Waals surface area contributed by atoms with Crippen molar-refractivity contribution in [2.45, 2.75) is 24.4 Å². The Morgan fingerprint density at radius 3 is 2.75 bits per heavy atom. The van der Waals surface area contributed by atoms with Crippen molar-refractivity contribution in [3.63, 3.8) is 0 Å². The van der Waals surface area contributed by atoms with Crippen LogP contribution in [0.2, 0.25) is 5.02 Å². The van der Waals surface area contributed by atoms with Crippen LogP contribution in [0.25, 0.3) is 0 Å². The summed E-state index contributed by atoms with van der Waals surface area (Å²) in [5, 5.41) is 4.10. The number of hydrogen-bond donors (Lipinski definition) is 3. The molecule has 1 aromatic heterocycles. The maximum Gasteiger partial charge on any atom is 0.251 e. The number of nitrogens with one attached hydrogen (secondary N) is 3. The third-order valence-corrected chi connectivity index (χ3v) is 6.85. The van der Waals surface area contributed by atoms with E-state index in [-0.39, 0.29) is 17.9 Å². The Kier molecular flexibility index (Phi) is 5.37. The predicted molar refractivity (Wildman–Crippen MR) is 127 cm³/mol. The van der Waals surface area contributed by atoms with E-state index in [1.54, 1.807) is 6.20 Å². The minimum atomic E-state index is -1.06. The molecule has 3 aromatic rings. The highest BCUT2D eigenvalue weighted by Gasteiger charge is 2.49. The number of aryl methyl sites for hydroxylation is 1. The van der Waals surface area contributed by atoms with E-state index in [9.17, 15) is 4.79 Å². The highest BCUT2D eigenvalue weighted by Crippen LogP contribution is 2.40. The van der Waals surface area contributed by atoms with Crippen molar-refractivity contribution in [2.75, 3.05) is 25.6 Å². The lowest BCUT2D eigenvalue weighted by molar-refractivity contribution is -0.126. The fourth-order valence-electron chi connectivity index (χ4n) is 4.98. The molecule has 0 radical (unpaired) electrons. The highest BCUT2D eigenvalue weighted by atomic mass is 35.5. The van der Waals surface area contributed by atoms with Crippen molar-refractivity contribution in [1.82, 2.24) is 20.6 Å². The minimum absolute atomic E-state index is 0.0678. The SMILES string of the molecule is Cc1cc(C2(C(=O)N[C@H]3CN(C)C[C@@H]3c3ccccc3Cl)NNc3ccccc32)ccn1. The molecule has 2 aromatic carbocycles. The van der Waals surface area contributed by atoms with Gasteiger partial charge in [-0.05, 0) is 49.4 Å². The number of para-hydroxylation sites is 1. The summed E-state index contributed by atoms with van der Waals surface area (Å²) in [5.41, 5.74) is 10.0. The van der Waals surface area contributed by atoms with E-state index < -0.39 is 5.54 Å². The maximum absolute atomic E-state index is 14.1. The van der Waals surface area contributed by atoms with Gasteiger partial charge < -0.3 is 15.6 Å².